The number of carbonyl (C=O) groups excluding carboxylic acids is 1. The SMILES string of the molecule is CC(CN1CCN(C(Cc2ccccc2)OC(C)(C)C)CC1)C(=O)c1ccc(Cl)cc1.Cl.Cl. The molecule has 0 bridgehead atoms. The molecule has 4 nitrogen and oxygen atoms in total. The number of carbonyl (C=O) groups is 1. The number of ketones is 1. The van der Waals surface area contributed by atoms with Crippen LogP contribution < -0.4 is 0 Å². The number of piperazine rings is 1. The van der Waals surface area contributed by atoms with Crippen LogP contribution in [0.1, 0.15) is 43.6 Å². The summed E-state index contributed by atoms with van der Waals surface area (Å²) >= 11 is 5.95. The van der Waals surface area contributed by atoms with Crippen molar-refractivity contribution in [2.75, 3.05) is 32.7 Å². The van der Waals surface area contributed by atoms with Crippen LogP contribution in [0.2, 0.25) is 5.02 Å². The molecule has 0 N–H and O–H groups in total. The van der Waals surface area contributed by atoms with E-state index in [9.17, 15) is 4.79 Å². The van der Waals surface area contributed by atoms with E-state index in [1.807, 2.05) is 25.1 Å². The van der Waals surface area contributed by atoms with E-state index in [0.29, 0.717) is 5.02 Å². The number of hydrogen-bond acceptors (Lipinski definition) is 4. The maximum atomic E-state index is 12.8. The topological polar surface area (TPSA) is 32.8 Å². The van der Waals surface area contributed by atoms with Crippen LogP contribution in [0.15, 0.2) is 54.6 Å². The fourth-order valence-corrected chi connectivity index (χ4v) is 4.20. The van der Waals surface area contributed by atoms with E-state index in [0.717, 1.165) is 44.7 Å². The highest BCUT2D eigenvalue weighted by Crippen LogP contribution is 2.21. The lowest BCUT2D eigenvalue weighted by atomic mass is 9.98. The van der Waals surface area contributed by atoms with Crippen molar-refractivity contribution < 1.29 is 9.53 Å². The molecule has 2 unspecified atom stereocenters. The maximum Gasteiger partial charge on any atom is 0.166 e. The second-order valence-corrected chi connectivity index (χ2v) is 9.92. The Bertz CT molecular complexity index is 833. The molecule has 3 rings (SSSR count). The zero-order chi connectivity index (χ0) is 22.4. The van der Waals surface area contributed by atoms with Gasteiger partial charge in [-0.05, 0) is 50.6 Å². The van der Waals surface area contributed by atoms with Crippen molar-refractivity contribution >= 4 is 42.2 Å². The third-order valence-electron chi connectivity index (χ3n) is 5.67. The van der Waals surface area contributed by atoms with Crippen LogP contribution in [-0.4, -0.2) is 60.1 Å². The summed E-state index contributed by atoms with van der Waals surface area (Å²) in [6.07, 6.45) is 0.932. The maximum absolute atomic E-state index is 12.8. The van der Waals surface area contributed by atoms with E-state index in [4.69, 9.17) is 16.3 Å². The summed E-state index contributed by atoms with van der Waals surface area (Å²) < 4.78 is 6.45. The number of nitrogens with zero attached hydrogens (tertiary/aromatic N) is 2. The Kier molecular flexibility index (Phi) is 12.4. The second-order valence-electron chi connectivity index (χ2n) is 9.48. The van der Waals surface area contributed by atoms with Crippen LogP contribution >= 0.6 is 36.4 Å². The van der Waals surface area contributed by atoms with E-state index >= 15 is 0 Å². The van der Waals surface area contributed by atoms with Gasteiger partial charge in [-0.3, -0.25) is 9.69 Å². The van der Waals surface area contributed by atoms with Gasteiger partial charge < -0.3 is 9.64 Å². The zero-order valence-corrected chi connectivity index (χ0v) is 22.4. The summed E-state index contributed by atoms with van der Waals surface area (Å²) in [6, 6.07) is 17.7. The Labute approximate surface area is 216 Å². The normalized spacial score (nSPS) is 16.9. The highest BCUT2D eigenvalue weighted by molar-refractivity contribution is 6.30. The average molecular weight is 516 g/mol. The standard InChI is InChI=1S/C26H35ClN2O2.2ClH/c1-20(25(30)22-10-12-23(27)13-11-22)19-28-14-16-29(17-15-28)24(31-26(2,3)4)18-21-8-6-5-7-9-21;;/h5-13,20,24H,14-19H2,1-4H3;2*1H. The fraction of sp³-hybridized carbons (Fsp3) is 0.500. The Morgan fingerprint density at radius 1 is 0.970 bits per heavy atom. The number of hydrogen-bond donors (Lipinski definition) is 0. The summed E-state index contributed by atoms with van der Waals surface area (Å²) in [5, 5.41) is 0.655. The first kappa shape index (κ1) is 29.9. The van der Waals surface area contributed by atoms with Crippen LogP contribution in [-0.2, 0) is 11.2 Å². The van der Waals surface area contributed by atoms with E-state index in [1.54, 1.807) is 12.1 Å². The van der Waals surface area contributed by atoms with Gasteiger partial charge >= 0.3 is 0 Å². The quantitative estimate of drug-likeness (QED) is 0.403. The molecule has 1 aliphatic heterocycles. The molecular weight excluding hydrogens is 479 g/mol. The van der Waals surface area contributed by atoms with E-state index in [1.165, 1.54) is 5.56 Å². The first-order valence-electron chi connectivity index (χ1n) is 11.2. The van der Waals surface area contributed by atoms with Crippen molar-refractivity contribution in [1.82, 2.24) is 9.80 Å². The molecule has 184 valence electrons. The highest BCUT2D eigenvalue weighted by Gasteiger charge is 2.29. The largest absolute Gasteiger partial charge is 0.357 e. The molecule has 0 radical (unpaired) electrons. The Hall–Kier alpha value is -1.14. The molecule has 1 aliphatic rings. The Morgan fingerprint density at radius 2 is 1.55 bits per heavy atom. The molecular formula is C26H37Cl3N2O2. The minimum Gasteiger partial charge on any atom is -0.357 e. The summed E-state index contributed by atoms with van der Waals surface area (Å²) in [6.45, 7) is 12.9. The molecule has 1 saturated heterocycles. The Morgan fingerprint density at radius 3 is 2.09 bits per heavy atom. The minimum atomic E-state index is -0.198. The summed E-state index contributed by atoms with van der Waals surface area (Å²) in [5.74, 6) is 0.135. The molecule has 1 fully saturated rings. The predicted octanol–water partition coefficient (Wildman–Crippen LogP) is 6.00. The smallest absolute Gasteiger partial charge is 0.166 e. The van der Waals surface area contributed by atoms with Gasteiger partial charge in [0.1, 0.15) is 6.23 Å². The molecule has 1 heterocycles. The third-order valence-corrected chi connectivity index (χ3v) is 5.92. The fourth-order valence-electron chi connectivity index (χ4n) is 4.07. The second kappa shape index (κ2) is 13.7. The van der Waals surface area contributed by atoms with Gasteiger partial charge in [-0.1, -0.05) is 48.9 Å². The minimum absolute atomic E-state index is 0. The number of rotatable bonds is 8. The van der Waals surface area contributed by atoms with Crippen molar-refractivity contribution in [3.8, 4) is 0 Å². The highest BCUT2D eigenvalue weighted by atomic mass is 35.5. The molecule has 2 aromatic rings. The van der Waals surface area contributed by atoms with Crippen molar-refractivity contribution in [2.45, 2.75) is 45.9 Å². The summed E-state index contributed by atoms with van der Waals surface area (Å²) in [4.78, 5) is 17.6. The number of halogens is 3. The number of ether oxygens (including phenoxy) is 1. The lowest BCUT2D eigenvalue weighted by Gasteiger charge is -2.42. The lowest BCUT2D eigenvalue weighted by Crippen LogP contribution is -2.54. The Balaban J connectivity index is 0.00000272. The van der Waals surface area contributed by atoms with Gasteiger partial charge in [0.15, 0.2) is 5.78 Å². The summed E-state index contributed by atoms with van der Waals surface area (Å²) in [7, 11) is 0. The van der Waals surface area contributed by atoms with Gasteiger partial charge in [-0.2, -0.15) is 0 Å². The van der Waals surface area contributed by atoms with Gasteiger partial charge in [0, 0.05) is 55.6 Å². The molecule has 0 spiro atoms. The molecule has 7 heteroatoms. The number of Topliss-reactive ketones (excluding diaryl/α,β-unsaturated/α-hetero) is 1. The molecule has 2 aromatic carbocycles. The van der Waals surface area contributed by atoms with Gasteiger partial charge in [-0.25, -0.2) is 0 Å². The molecule has 0 amide bonds. The van der Waals surface area contributed by atoms with Crippen LogP contribution in [0, 0.1) is 5.92 Å². The molecule has 0 aromatic heterocycles. The number of benzene rings is 2. The van der Waals surface area contributed by atoms with E-state index in [2.05, 4.69) is 54.8 Å². The third kappa shape index (κ3) is 9.56. The zero-order valence-electron chi connectivity index (χ0n) is 20.0. The van der Waals surface area contributed by atoms with Gasteiger partial charge in [0.2, 0.25) is 0 Å². The monoisotopic (exact) mass is 514 g/mol. The van der Waals surface area contributed by atoms with E-state index in [-0.39, 0.29) is 48.3 Å². The van der Waals surface area contributed by atoms with Gasteiger partial charge in [0.05, 0.1) is 5.60 Å². The molecule has 0 aliphatic carbocycles. The predicted molar refractivity (Wildman–Crippen MR) is 142 cm³/mol. The van der Waals surface area contributed by atoms with Crippen LogP contribution in [0.25, 0.3) is 0 Å². The lowest BCUT2D eigenvalue weighted by molar-refractivity contribution is -0.141. The van der Waals surface area contributed by atoms with Gasteiger partial charge in [0.25, 0.3) is 0 Å². The molecule has 2 atom stereocenters. The van der Waals surface area contributed by atoms with Gasteiger partial charge in [-0.15, -0.1) is 24.8 Å². The van der Waals surface area contributed by atoms with Crippen molar-refractivity contribution in [1.29, 1.82) is 0 Å². The van der Waals surface area contributed by atoms with Crippen LogP contribution in [0.3, 0.4) is 0 Å². The van der Waals surface area contributed by atoms with Crippen LogP contribution in [0.5, 0.6) is 0 Å². The van der Waals surface area contributed by atoms with Crippen LogP contribution in [0.4, 0.5) is 0 Å². The van der Waals surface area contributed by atoms with Crippen molar-refractivity contribution in [3.63, 3.8) is 0 Å². The average Bonchev–Trinajstić information content (AvgIpc) is 2.73. The first-order chi connectivity index (χ1) is 14.7. The van der Waals surface area contributed by atoms with Crippen molar-refractivity contribution in [2.24, 2.45) is 5.92 Å². The van der Waals surface area contributed by atoms with E-state index < -0.39 is 0 Å². The molecule has 33 heavy (non-hydrogen) atoms. The first-order valence-corrected chi connectivity index (χ1v) is 11.6. The molecule has 0 saturated carbocycles. The summed E-state index contributed by atoms with van der Waals surface area (Å²) in [5.41, 5.74) is 1.83. The van der Waals surface area contributed by atoms with Crippen molar-refractivity contribution in [3.05, 3.63) is 70.7 Å².